The van der Waals surface area contributed by atoms with Crippen molar-refractivity contribution in [3.63, 3.8) is 0 Å². The first-order valence-electron chi connectivity index (χ1n) is 8.69. The van der Waals surface area contributed by atoms with Crippen molar-refractivity contribution in [1.29, 1.82) is 0 Å². The van der Waals surface area contributed by atoms with Crippen molar-refractivity contribution >= 4 is 34.6 Å². The van der Waals surface area contributed by atoms with Crippen LogP contribution in [-0.2, 0) is 4.79 Å². The Kier molecular flexibility index (Phi) is 4.58. The van der Waals surface area contributed by atoms with Gasteiger partial charge in [-0.15, -0.1) is 11.3 Å². The van der Waals surface area contributed by atoms with Crippen molar-refractivity contribution in [1.82, 2.24) is 19.7 Å². The summed E-state index contributed by atoms with van der Waals surface area (Å²) in [5.74, 6) is -2.99. The van der Waals surface area contributed by atoms with Crippen molar-refractivity contribution in [2.24, 2.45) is 5.92 Å². The van der Waals surface area contributed by atoms with Crippen molar-refractivity contribution in [2.75, 3.05) is 11.9 Å². The lowest BCUT2D eigenvalue weighted by atomic mass is 10.2. The zero-order valence-corrected chi connectivity index (χ0v) is 15.7. The smallest absolute Gasteiger partial charge is 0.262 e. The lowest BCUT2D eigenvalue weighted by Gasteiger charge is -2.10. The van der Waals surface area contributed by atoms with Crippen LogP contribution in [0.3, 0.4) is 0 Å². The van der Waals surface area contributed by atoms with E-state index in [0.717, 1.165) is 31.1 Å². The van der Waals surface area contributed by atoms with E-state index in [4.69, 9.17) is 0 Å². The highest BCUT2D eigenvalue weighted by Crippen LogP contribution is 2.30. The van der Waals surface area contributed by atoms with Gasteiger partial charge in [-0.05, 0) is 18.9 Å². The van der Waals surface area contributed by atoms with Crippen molar-refractivity contribution in [3.8, 4) is 11.3 Å². The van der Waals surface area contributed by atoms with Crippen LogP contribution in [0.4, 0.5) is 14.6 Å². The van der Waals surface area contributed by atoms with Gasteiger partial charge in [-0.1, -0.05) is 0 Å². The molecule has 0 atom stereocenters. The van der Waals surface area contributed by atoms with E-state index in [0.29, 0.717) is 27.6 Å². The fourth-order valence-electron chi connectivity index (χ4n) is 2.59. The summed E-state index contributed by atoms with van der Waals surface area (Å²) in [6, 6.07) is 1.61. The summed E-state index contributed by atoms with van der Waals surface area (Å²) in [7, 11) is 0. The van der Waals surface area contributed by atoms with Gasteiger partial charge in [-0.2, -0.15) is 0 Å². The molecule has 3 aromatic rings. The van der Waals surface area contributed by atoms with E-state index in [1.165, 1.54) is 0 Å². The predicted octanol–water partition coefficient (Wildman–Crippen LogP) is 3.19. The number of aromatic nitrogens is 3. The lowest BCUT2D eigenvalue weighted by molar-refractivity contribution is -0.117. The average Bonchev–Trinajstić information content (AvgIpc) is 3.23. The molecule has 1 aliphatic carbocycles. The Morgan fingerprint density at radius 3 is 2.86 bits per heavy atom. The van der Waals surface area contributed by atoms with E-state index in [9.17, 15) is 18.4 Å². The van der Waals surface area contributed by atoms with Gasteiger partial charge in [0, 0.05) is 30.0 Å². The Hall–Kier alpha value is -2.88. The molecular formula is C18H17F2N5O2S. The topological polar surface area (TPSA) is 88.4 Å². The highest BCUT2D eigenvalue weighted by molar-refractivity contribution is 7.12. The summed E-state index contributed by atoms with van der Waals surface area (Å²) < 4.78 is 27.5. The van der Waals surface area contributed by atoms with Crippen LogP contribution in [-0.4, -0.2) is 38.7 Å². The number of nitrogens with zero attached hydrogens (tertiary/aromatic N) is 3. The third-order valence-corrected chi connectivity index (χ3v) is 5.15. The second-order valence-electron chi connectivity index (χ2n) is 6.88. The SMILES string of the molecule is CC(F)(F)CNC(=O)c1cc(-c2cn3cc(NC(=O)C4CC4)nc3cn2)cs1. The van der Waals surface area contributed by atoms with Crippen LogP contribution < -0.4 is 10.6 Å². The molecule has 2 amide bonds. The summed E-state index contributed by atoms with van der Waals surface area (Å²) in [5, 5.41) is 6.74. The van der Waals surface area contributed by atoms with Gasteiger partial charge >= 0.3 is 0 Å². The number of anilines is 1. The Morgan fingerprint density at radius 1 is 1.36 bits per heavy atom. The molecule has 3 heterocycles. The molecule has 3 aromatic heterocycles. The first kappa shape index (κ1) is 18.5. The molecule has 0 aromatic carbocycles. The molecule has 10 heteroatoms. The maximum atomic E-state index is 12.9. The van der Waals surface area contributed by atoms with Crippen LogP contribution in [0.25, 0.3) is 16.9 Å². The number of imidazole rings is 1. The average molecular weight is 405 g/mol. The number of thiophene rings is 1. The molecule has 0 radical (unpaired) electrons. The molecule has 1 aliphatic rings. The largest absolute Gasteiger partial charge is 0.345 e. The van der Waals surface area contributed by atoms with Gasteiger partial charge < -0.3 is 15.0 Å². The van der Waals surface area contributed by atoms with Crippen molar-refractivity contribution in [2.45, 2.75) is 25.7 Å². The van der Waals surface area contributed by atoms with Gasteiger partial charge in [0.05, 0.1) is 29.5 Å². The molecule has 0 bridgehead atoms. The van der Waals surface area contributed by atoms with Gasteiger partial charge in [-0.3, -0.25) is 14.6 Å². The number of carbonyl (C=O) groups excluding carboxylic acids is 2. The van der Waals surface area contributed by atoms with E-state index in [1.54, 1.807) is 34.4 Å². The number of fused-ring (bicyclic) bond motifs is 1. The second kappa shape index (κ2) is 6.93. The molecule has 4 rings (SSSR count). The number of nitrogens with one attached hydrogen (secondary N) is 2. The van der Waals surface area contributed by atoms with Crippen LogP contribution in [0.5, 0.6) is 0 Å². The standard InChI is InChI=1S/C18H17F2N5O2S/c1-18(19,20)9-22-17(27)13-4-11(8-28-13)12-6-25-7-14(23-15(25)5-21-12)24-16(26)10-2-3-10/h4-8,10H,2-3,9H2,1H3,(H,22,27)(H,24,26). The van der Waals surface area contributed by atoms with Crippen LogP contribution in [0.1, 0.15) is 29.4 Å². The summed E-state index contributed by atoms with van der Waals surface area (Å²) in [4.78, 5) is 32.8. The minimum absolute atomic E-state index is 0.0252. The van der Waals surface area contributed by atoms with Gasteiger partial charge in [0.15, 0.2) is 11.5 Å². The van der Waals surface area contributed by atoms with Gasteiger partial charge in [-0.25, -0.2) is 13.8 Å². The number of hydrogen-bond acceptors (Lipinski definition) is 5. The van der Waals surface area contributed by atoms with Gasteiger partial charge in [0.1, 0.15) is 0 Å². The number of amides is 2. The molecule has 0 unspecified atom stereocenters. The zero-order chi connectivity index (χ0) is 19.9. The van der Waals surface area contributed by atoms with Crippen LogP contribution in [0, 0.1) is 5.92 Å². The summed E-state index contributed by atoms with van der Waals surface area (Å²) in [6.45, 7) is 0.0341. The Morgan fingerprint density at radius 2 is 2.14 bits per heavy atom. The van der Waals surface area contributed by atoms with Crippen LogP contribution >= 0.6 is 11.3 Å². The van der Waals surface area contributed by atoms with Gasteiger partial charge in [0.25, 0.3) is 11.8 Å². The monoisotopic (exact) mass is 405 g/mol. The number of carbonyl (C=O) groups is 2. The normalized spacial score (nSPS) is 14.2. The highest BCUT2D eigenvalue weighted by atomic mass is 32.1. The first-order valence-corrected chi connectivity index (χ1v) is 9.57. The lowest BCUT2D eigenvalue weighted by Crippen LogP contribution is -2.34. The quantitative estimate of drug-likeness (QED) is 0.659. The third-order valence-electron chi connectivity index (χ3n) is 4.22. The molecule has 2 N–H and O–H groups in total. The number of halogens is 2. The maximum Gasteiger partial charge on any atom is 0.262 e. The number of alkyl halides is 2. The minimum Gasteiger partial charge on any atom is -0.345 e. The first-order chi connectivity index (χ1) is 13.3. The Labute approximate surface area is 162 Å². The maximum absolute atomic E-state index is 12.9. The zero-order valence-electron chi connectivity index (χ0n) is 14.9. The fourth-order valence-corrected chi connectivity index (χ4v) is 3.41. The third kappa shape index (κ3) is 4.16. The molecule has 0 aliphatic heterocycles. The summed E-state index contributed by atoms with van der Waals surface area (Å²) >= 11 is 1.15. The molecule has 1 saturated carbocycles. The highest BCUT2D eigenvalue weighted by Gasteiger charge is 2.30. The van der Waals surface area contributed by atoms with Gasteiger partial charge in [0.2, 0.25) is 5.91 Å². The molecule has 7 nitrogen and oxygen atoms in total. The molecule has 1 fully saturated rings. The fraction of sp³-hybridized carbons (Fsp3) is 0.333. The molecular weight excluding hydrogens is 388 g/mol. The van der Waals surface area contributed by atoms with Crippen LogP contribution in [0.2, 0.25) is 0 Å². The van der Waals surface area contributed by atoms with E-state index >= 15 is 0 Å². The van der Waals surface area contributed by atoms with Crippen molar-refractivity contribution in [3.05, 3.63) is 34.9 Å². The predicted molar refractivity (Wildman–Crippen MR) is 101 cm³/mol. The van der Waals surface area contributed by atoms with E-state index < -0.39 is 18.4 Å². The number of hydrogen-bond donors (Lipinski definition) is 2. The minimum atomic E-state index is -2.96. The van der Waals surface area contributed by atoms with Crippen molar-refractivity contribution < 1.29 is 18.4 Å². The molecule has 0 spiro atoms. The molecule has 0 saturated heterocycles. The number of rotatable bonds is 6. The second-order valence-corrected chi connectivity index (χ2v) is 7.79. The summed E-state index contributed by atoms with van der Waals surface area (Å²) in [6.07, 6.45) is 6.82. The van der Waals surface area contributed by atoms with E-state index in [-0.39, 0.29) is 11.8 Å². The van der Waals surface area contributed by atoms with E-state index in [1.807, 2.05) is 0 Å². The molecule has 146 valence electrons. The van der Waals surface area contributed by atoms with Crippen LogP contribution in [0.15, 0.2) is 30.0 Å². The van der Waals surface area contributed by atoms with E-state index in [2.05, 4.69) is 20.6 Å². The Balaban J connectivity index is 1.50. The summed E-state index contributed by atoms with van der Waals surface area (Å²) in [5.41, 5.74) is 1.87. The molecule has 28 heavy (non-hydrogen) atoms. The Bertz CT molecular complexity index is 1050.